The van der Waals surface area contributed by atoms with Gasteiger partial charge in [0.25, 0.3) is 0 Å². The zero-order valence-electron chi connectivity index (χ0n) is 6.68. The van der Waals surface area contributed by atoms with Crippen LogP contribution in [-0.4, -0.2) is 19.1 Å². The zero-order valence-corrected chi connectivity index (χ0v) is 8.84. The van der Waals surface area contributed by atoms with Gasteiger partial charge >= 0.3 is 0 Å². The number of benzene rings is 1. The fraction of sp³-hybridized carbons (Fsp3) is 0.333. The van der Waals surface area contributed by atoms with Crippen molar-refractivity contribution in [2.24, 2.45) is 0 Å². The molecule has 0 amide bonds. The fourth-order valence-corrected chi connectivity index (χ4v) is 1.73. The van der Waals surface area contributed by atoms with Crippen molar-refractivity contribution in [1.29, 1.82) is 0 Å². The Labute approximate surface area is 85.9 Å². The molecule has 0 saturated carbocycles. The predicted octanol–water partition coefficient (Wildman–Crippen LogP) is 1.67. The van der Waals surface area contributed by atoms with Crippen molar-refractivity contribution < 1.29 is 0 Å². The van der Waals surface area contributed by atoms with Gasteiger partial charge in [0.1, 0.15) is 0 Å². The maximum absolute atomic E-state index is 3.48. The first-order valence-electron chi connectivity index (χ1n) is 4.08. The largest absolute Gasteiger partial charge is 0.379 e. The van der Waals surface area contributed by atoms with E-state index >= 15 is 0 Å². The lowest BCUT2D eigenvalue weighted by molar-refractivity contribution is 0.472. The molecule has 0 aliphatic carbocycles. The molecule has 3 heteroatoms. The van der Waals surface area contributed by atoms with Gasteiger partial charge in [-0.2, -0.15) is 0 Å². The minimum Gasteiger partial charge on any atom is -0.379 e. The van der Waals surface area contributed by atoms with Crippen LogP contribution in [0.5, 0.6) is 0 Å². The molecule has 2 N–H and O–H groups in total. The Morgan fingerprint density at radius 1 is 1.33 bits per heavy atom. The van der Waals surface area contributed by atoms with E-state index in [0.29, 0.717) is 6.04 Å². The van der Waals surface area contributed by atoms with Gasteiger partial charge in [0.15, 0.2) is 0 Å². The standard InChI is InChI=1S/C9H11IN2/c10-8-3-1-2-4-9(8)12-7-5-11-6-7/h1-4,7,11-12H,5-6H2. The molecule has 1 aliphatic heterocycles. The van der Waals surface area contributed by atoms with Gasteiger partial charge in [-0.05, 0) is 34.7 Å². The summed E-state index contributed by atoms with van der Waals surface area (Å²) in [4.78, 5) is 0. The number of para-hydroxylation sites is 1. The van der Waals surface area contributed by atoms with E-state index in [2.05, 4.69) is 57.5 Å². The van der Waals surface area contributed by atoms with Gasteiger partial charge < -0.3 is 10.6 Å². The van der Waals surface area contributed by atoms with Gasteiger partial charge in [-0.3, -0.25) is 0 Å². The minimum absolute atomic E-state index is 0.626. The second-order valence-electron chi connectivity index (χ2n) is 2.98. The number of nitrogens with one attached hydrogen (secondary N) is 2. The second-order valence-corrected chi connectivity index (χ2v) is 4.14. The molecule has 0 aromatic heterocycles. The first kappa shape index (κ1) is 8.31. The van der Waals surface area contributed by atoms with Gasteiger partial charge in [0, 0.05) is 22.3 Å². The van der Waals surface area contributed by atoms with Crippen LogP contribution in [0.25, 0.3) is 0 Å². The first-order chi connectivity index (χ1) is 5.86. The third-order valence-corrected chi connectivity index (χ3v) is 2.96. The maximum atomic E-state index is 3.48. The van der Waals surface area contributed by atoms with Crippen LogP contribution >= 0.6 is 22.6 Å². The molecule has 0 unspecified atom stereocenters. The Hall–Kier alpha value is -0.290. The summed E-state index contributed by atoms with van der Waals surface area (Å²) in [7, 11) is 0. The summed E-state index contributed by atoms with van der Waals surface area (Å²) in [5, 5.41) is 6.71. The molecule has 12 heavy (non-hydrogen) atoms. The van der Waals surface area contributed by atoms with Gasteiger partial charge in [-0.25, -0.2) is 0 Å². The summed E-state index contributed by atoms with van der Waals surface area (Å²) < 4.78 is 1.29. The van der Waals surface area contributed by atoms with E-state index < -0.39 is 0 Å². The van der Waals surface area contributed by atoms with Crippen LogP contribution < -0.4 is 10.6 Å². The minimum atomic E-state index is 0.626. The number of hydrogen-bond donors (Lipinski definition) is 2. The average Bonchev–Trinajstić information content (AvgIpc) is 2.00. The van der Waals surface area contributed by atoms with Crippen molar-refractivity contribution in [2.75, 3.05) is 18.4 Å². The Morgan fingerprint density at radius 2 is 2.08 bits per heavy atom. The van der Waals surface area contributed by atoms with Crippen LogP contribution in [0.3, 0.4) is 0 Å². The molecular weight excluding hydrogens is 263 g/mol. The summed E-state index contributed by atoms with van der Waals surface area (Å²) in [5.74, 6) is 0. The van der Waals surface area contributed by atoms with E-state index in [9.17, 15) is 0 Å². The molecular formula is C9H11IN2. The quantitative estimate of drug-likeness (QED) is 0.802. The van der Waals surface area contributed by atoms with Crippen molar-refractivity contribution in [1.82, 2.24) is 5.32 Å². The highest BCUT2D eigenvalue weighted by Gasteiger charge is 2.16. The molecule has 1 heterocycles. The molecule has 1 fully saturated rings. The molecule has 1 saturated heterocycles. The third-order valence-electron chi connectivity index (χ3n) is 2.01. The van der Waals surface area contributed by atoms with Crippen LogP contribution in [0.15, 0.2) is 24.3 Å². The van der Waals surface area contributed by atoms with Crippen LogP contribution in [0.1, 0.15) is 0 Å². The number of anilines is 1. The second kappa shape index (κ2) is 3.62. The van der Waals surface area contributed by atoms with Gasteiger partial charge in [0.2, 0.25) is 0 Å². The Balaban J connectivity index is 2.06. The van der Waals surface area contributed by atoms with Gasteiger partial charge in [0.05, 0.1) is 6.04 Å². The topological polar surface area (TPSA) is 24.1 Å². The Morgan fingerprint density at radius 3 is 2.67 bits per heavy atom. The predicted molar refractivity (Wildman–Crippen MR) is 59.4 cm³/mol. The van der Waals surface area contributed by atoms with Gasteiger partial charge in [-0.1, -0.05) is 12.1 Å². The normalized spacial score (nSPS) is 17.1. The summed E-state index contributed by atoms with van der Waals surface area (Å²) in [6, 6.07) is 9.00. The van der Waals surface area contributed by atoms with E-state index in [1.807, 2.05) is 0 Å². The van der Waals surface area contributed by atoms with Crippen molar-refractivity contribution in [3.8, 4) is 0 Å². The molecule has 64 valence electrons. The van der Waals surface area contributed by atoms with Crippen molar-refractivity contribution in [3.63, 3.8) is 0 Å². The highest BCUT2D eigenvalue weighted by molar-refractivity contribution is 14.1. The van der Waals surface area contributed by atoms with E-state index in [1.165, 1.54) is 9.26 Å². The zero-order chi connectivity index (χ0) is 8.39. The lowest BCUT2D eigenvalue weighted by Crippen LogP contribution is -2.51. The summed E-state index contributed by atoms with van der Waals surface area (Å²) in [6.45, 7) is 2.18. The highest BCUT2D eigenvalue weighted by atomic mass is 127. The lowest BCUT2D eigenvalue weighted by atomic mass is 10.1. The van der Waals surface area contributed by atoms with E-state index in [-0.39, 0.29) is 0 Å². The van der Waals surface area contributed by atoms with E-state index in [0.717, 1.165) is 13.1 Å². The molecule has 1 aromatic rings. The maximum Gasteiger partial charge on any atom is 0.0510 e. The number of rotatable bonds is 2. The third kappa shape index (κ3) is 1.72. The monoisotopic (exact) mass is 274 g/mol. The van der Waals surface area contributed by atoms with Crippen molar-refractivity contribution in [2.45, 2.75) is 6.04 Å². The van der Waals surface area contributed by atoms with Crippen LogP contribution in [0.2, 0.25) is 0 Å². The Bertz CT molecular complexity index is 271. The molecule has 1 aromatic carbocycles. The molecule has 2 rings (SSSR count). The van der Waals surface area contributed by atoms with Crippen LogP contribution in [0, 0.1) is 3.57 Å². The molecule has 0 atom stereocenters. The summed E-state index contributed by atoms with van der Waals surface area (Å²) in [5.41, 5.74) is 1.25. The SMILES string of the molecule is Ic1ccccc1NC1CNC1. The number of hydrogen-bond acceptors (Lipinski definition) is 2. The van der Waals surface area contributed by atoms with Crippen LogP contribution in [-0.2, 0) is 0 Å². The summed E-state index contributed by atoms with van der Waals surface area (Å²) in [6.07, 6.45) is 0. The lowest BCUT2D eigenvalue weighted by Gasteiger charge is -2.29. The fourth-order valence-electron chi connectivity index (χ4n) is 1.19. The van der Waals surface area contributed by atoms with E-state index in [4.69, 9.17) is 0 Å². The van der Waals surface area contributed by atoms with E-state index in [1.54, 1.807) is 0 Å². The molecule has 0 bridgehead atoms. The van der Waals surface area contributed by atoms with Crippen molar-refractivity contribution >= 4 is 28.3 Å². The number of halogens is 1. The highest BCUT2D eigenvalue weighted by Crippen LogP contribution is 2.18. The first-order valence-corrected chi connectivity index (χ1v) is 5.16. The Kier molecular flexibility index (Phi) is 2.51. The molecule has 0 spiro atoms. The summed E-state index contributed by atoms with van der Waals surface area (Å²) >= 11 is 2.35. The molecule has 2 nitrogen and oxygen atoms in total. The van der Waals surface area contributed by atoms with Crippen molar-refractivity contribution in [3.05, 3.63) is 27.8 Å². The van der Waals surface area contributed by atoms with Gasteiger partial charge in [-0.15, -0.1) is 0 Å². The molecule has 1 aliphatic rings. The average molecular weight is 274 g/mol. The van der Waals surface area contributed by atoms with Crippen LogP contribution in [0.4, 0.5) is 5.69 Å². The molecule has 0 radical (unpaired) electrons. The smallest absolute Gasteiger partial charge is 0.0510 e.